The SMILES string of the molecule is CCn1c(C)c(-c2nc(C3CC3)no2)c(S(=O)(=O)Nc2ccccc2)c1C. The second kappa shape index (κ2) is 6.53. The average molecular weight is 386 g/mol. The van der Waals surface area contributed by atoms with E-state index in [0.29, 0.717) is 35.2 Å². The summed E-state index contributed by atoms with van der Waals surface area (Å²) in [5, 5.41) is 4.06. The number of aromatic nitrogens is 3. The maximum Gasteiger partial charge on any atom is 0.264 e. The number of rotatable bonds is 6. The highest BCUT2D eigenvalue weighted by atomic mass is 32.2. The molecule has 7 nitrogen and oxygen atoms in total. The van der Waals surface area contributed by atoms with Crippen LogP contribution in [0.3, 0.4) is 0 Å². The maximum absolute atomic E-state index is 13.2. The first-order chi connectivity index (χ1) is 12.9. The van der Waals surface area contributed by atoms with E-state index in [-0.39, 0.29) is 10.8 Å². The molecule has 2 heterocycles. The molecule has 1 fully saturated rings. The van der Waals surface area contributed by atoms with Gasteiger partial charge in [0, 0.05) is 29.5 Å². The Labute approximate surface area is 158 Å². The number of hydrogen-bond donors (Lipinski definition) is 1. The number of nitrogens with zero attached hydrogens (tertiary/aromatic N) is 3. The van der Waals surface area contributed by atoms with Crippen LogP contribution in [0, 0.1) is 13.8 Å². The summed E-state index contributed by atoms with van der Waals surface area (Å²) in [5.41, 5.74) is 2.44. The van der Waals surface area contributed by atoms with Gasteiger partial charge in [-0.15, -0.1) is 0 Å². The Hall–Kier alpha value is -2.61. The van der Waals surface area contributed by atoms with Crippen molar-refractivity contribution in [2.45, 2.75) is 51.0 Å². The van der Waals surface area contributed by atoms with E-state index in [1.165, 1.54) is 0 Å². The molecule has 2 aromatic heterocycles. The molecular weight excluding hydrogens is 364 g/mol. The molecule has 3 aromatic rings. The second-order valence-corrected chi connectivity index (χ2v) is 8.44. The molecule has 0 spiro atoms. The molecule has 1 aliphatic carbocycles. The van der Waals surface area contributed by atoms with Crippen LogP contribution in [0.25, 0.3) is 11.5 Å². The predicted octanol–water partition coefficient (Wildman–Crippen LogP) is 3.85. The Bertz CT molecular complexity index is 1080. The molecule has 0 radical (unpaired) electrons. The highest BCUT2D eigenvalue weighted by molar-refractivity contribution is 7.93. The van der Waals surface area contributed by atoms with Crippen molar-refractivity contribution in [1.82, 2.24) is 14.7 Å². The van der Waals surface area contributed by atoms with Crippen molar-refractivity contribution < 1.29 is 12.9 Å². The van der Waals surface area contributed by atoms with Crippen molar-refractivity contribution >= 4 is 15.7 Å². The van der Waals surface area contributed by atoms with Gasteiger partial charge in [0.15, 0.2) is 5.82 Å². The number of sulfonamides is 1. The summed E-state index contributed by atoms with van der Waals surface area (Å²) in [6, 6.07) is 8.84. The van der Waals surface area contributed by atoms with Crippen LogP contribution < -0.4 is 4.72 Å². The largest absolute Gasteiger partial charge is 0.347 e. The smallest absolute Gasteiger partial charge is 0.264 e. The fraction of sp³-hybridized carbons (Fsp3) is 0.368. The van der Waals surface area contributed by atoms with E-state index in [1.807, 2.05) is 24.5 Å². The van der Waals surface area contributed by atoms with Crippen molar-refractivity contribution in [2.75, 3.05) is 4.72 Å². The molecule has 27 heavy (non-hydrogen) atoms. The molecule has 0 atom stereocenters. The van der Waals surface area contributed by atoms with E-state index in [4.69, 9.17) is 4.52 Å². The van der Waals surface area contributed by atoms with Gasteiger partial charge in [0.25, 0.3) is 15.9 Å². The van der Waals surface area contributed by atoms with E-state index in [0.717, 1.165) is 18.5 Å². The van der Waals surface area contributed by atoms with Crippen LogP contribution in [0.5, 0.6) is 0 Å². The molecule has 0 amide bonds. The van der Waals surface area contributed by atoms with Gasteiger partial charge in [-0.1, -0.05) is 23.4 Å². The van der Waals surface area contributed by atoms with Crippen molar-refractivity contribution in [1.29, 1.82) is 0 Å². The molecule has 0 aliphatic heterocycles. The highest BCUT2D eigenvalue weighted by Crippen LogP contribution is 2.41. The molecule has 1 aliphatic rings. The molecule has 1 aromatic carbocycles. The summed E-state index contributed by atoms with van der Waals surface area (Å²) in [5.74, 6) is 1.25. The number of anilines is 1. The van der Waals surface area contributed by atoms with Crippen LogP contribution in [-0.2, 0) is 16.6 Å². The van der Waals surface area contributed by atoms with Gasteiger partial charge >= 0.3 is 0 Å². The van der Waals surface area contributed by atoms with E-state index in [9.17, 15) is 8.42 Å². The minimum absolute atomic E-state index is 0.191. The lowest BCUT2D eigenvalue weighted by Gasteiger charge is -2.09. The molecule has 142 valence electrons. The summed E-state index contributed by atoms with van der Waals surface area (Å²) in [6.45, 7) is 6.31. The van der Waals surface area contributed by atoms with Gasteiger partial charge in [-0.2, -0.15) is 4.98 Å². The summed E-state index contributed by atoms with van der Waals surface area (Å²) >= 11 is 0. The third kappa shape index (κ3) is 3.14. The quantitative estimate of drug-likeness (QED) is 0.695. The summed E-state index contributed by atoms with van der Waals surface area (Å²) < 4.78 is 36.6. The third-order valence-corrected chi connectivity index (χ3v) is 6.48. The van der Waals surface area contributed by atoms with E-state index >= 15 is 0 Å². The van der Waals surface area contributed by atoms with Crippen molar-refractivity contribution in [2.24, 2.45) is 0 Å². The zero-order chi connectivity index (χ0) is 19.2. The van der Waals surface area contributed by atoms with Crippen LogP contribution in [0.4, 0.5) is 5.69 Å². The van der Waals surface area contributed by atoms with Gasteiger partial charge < -0.3 is 9.09 Å². The molecule has 4 rings (SSSR count). The van der Waals surface area contributed by atoms with Crippen LogP contribution in [0.2, 0.25) is 0 Å². The lowest BCUT2D eigenvalue weighted by Crippen LogP contribution is -2.15. The number of benzene rings is 1. The van der Waals surface area contributed by atoms with Gasteiger partial charge in [-0.05, 0) is 45.7 Å². The third-order valence-electron chi connectivity index (χ3n) is 4.94. The van der Waals surface area contributed by atoms with Crippen molar-refractivity contribution in [3.05, 3.63) is 47.5 Å². The predicted molar refractivity (Wildman–Crippen MR) is 102 cm³/mol. The lowest BCUT2D eigenvalue weighted by molar-refractivity contribution is 0.421. The first-order valence-electron chi connectivity index (χ1n) is 9.04. The van der Waals surface area contributed by atoms with Crippen LogP contribution in [-0.4, -0.2) is 23.1 Å². The standard InChI is InChI=1S/C19H22N4O3S/c1-4-23-12(2)16(19-20-18(21-26-19)14-10-11-14)17(13(23)3)27(24,25)22-15-8-6-5-7-9-15/h5-9,14,22H,4,10-11H2,1-3H3. The van der Waals surface area contributed by atoms with E-state index < -0.39 is 10.0 Å². The maximum atomic E-state index is 13.2. The molecule has 1 saturated carbocycles. The fourth-order valence-corrected chi connectivity index (χ4v) is 5.02. The average Bonchev–Trinajstić information content (AvgIpc) is 3.31. The summed E-state index contributed by atoms with van der Waals surface area (Å²) in [7, 11) is -3.83. The van der Waals surface area contributed by atoms with E-state index in [1.54, 1.807) is 31.2 Å². The Balaban J connectivity index is 1.85. The van der Waals surface area contributed by atoms with Crippen molar-refractivity contribution in [3.63, 3.8) is 0 Å². The molecule has 0 bridgehead atoms. The second-order valence-electron chi connectivity index (χ2n) is 6.82. The van der Waals surface area contributed by atoms with Crippen LogP contribution in [0.1, 0.15) is 42.9 Å². The van der Waals surface area contributed by atoms with Gasteiger partial charge in [0.2, 0.25) is 0 Å². The van der Waals surface area contributed by atoms with Crippen molar-refractivity contribution in [3.8, 4) is 11.5 Å². The zero-order valence-electron chi connectivity index (χ0n) is 15.6. The molecule has 0 unspecified atom stereocenters. The van der Waals surface area contributed by atoms with Gasteiger partial charge in [0.05, 0.1) is 5.56 Å². The minimum Gasteiger partial charge on any atom is -0.347 e. The monoisotopic (exact) mass is 386 g/mol. The normalized spacial score (nSPS) is 14.5. The van der Waals surface area contributed by atoms with Gasteiger partial charge in [0.1, 0.15) is 4.90 Å². The first-order valence-corrected chi connectivity index (χ1v) is 10.5. The molecule has 1 N–H and O–H groups in total. The highest BCUT2D eigenvalue weighted by Gasteiger charge is 2.34. The number of para-hydroxylation sites is 1. The first kappa shape index (κ1) is 17.8. The summed E-state index contributed by atoms with van der Waals surface area (Å²) in [4.78, 5) is 4.68. The number of hydrogen-bond acceptors (Lipinski definition) is 5. The molecule has 0 saturated heterocycles. The molecule has 8 heteroatoms. The van der Waals surface area contributed by atoms with E-state index in [2.05, 4.69) is 14.9 Å². The lowest BCUT2D eigenvalue weighted by atomic mass is 10.2. The number of nitrogens with one attached hydrogen (secondary N) is 1. The molecular formula is C19H22N4O3S. The Morgan fingerprint density at radius 1 is 1.19 bits per heavy atom. The van der Waals surface area contributed by atoms with Gasteiger partial charge in [-0.25, -0.2) is 8.42 Å². The Morgan fingerprint density at radius 3 is 2.52 bits per heavy atom. The topological polar surface area (TPSA) is 90.0 Å². The fourth-order valence-electron chi connectivity index (χ4n) is 3.47. The van der Waals surface area contributed by atoms with Crippen LogP contribution >= 0.6 is 0 Å². The minimum atomic E-state index is -3.83. The zero-order valence-corrected chi connectivity index (χ0v) is 16.4. The Kier molecular flexibility index (Phi) is 4.30. The van der Waals surface area contributed by atoms with Crippen LogP contribution in [0.15, 0.2) is 39.8 Å². The summed E-state index contributed by atoms with van der Waals surface area (Å²) in [6.07, 6.45) is 2.10. The Morgan fingerprint density at radius 2 is 1.89 bits per heavy atom. The van der Waals surface area contributed by atoms with Gasteiger partial charge in [-0.3, -0.25) is 4.72 Å².